The molecule has 1 nitrogen and oxygen atoms in total. The van der Waals surface area contributed by atoms with Crippen molar-refractivity contribution in [3.05, 3.63) is 24.3 Å². The zero-order chi connectivity index (χ0) is 6.69. The van der Waals surface area contributed by atoms with Gasteiger partial charge in [-0.25, -0.2) is 0 Å². The number of hydrogen-bond acceptors (Lipinski definition) is 1. The van der Waals surface area contributed by atoms with Crippen molar-refractivity contribution >= 4 is 19.6 Å². The van der Waals surface area contributed by atoms with Crippen molar-refractivity contribution in [3.63, 3.8) is 0 Å². The molecule has 9 heavy (non-hydrogen) atoms. The Morgan fingerprint density at radius 2 is 1.78 bits per heavy atom. The van der Waals surface area contributed by atoms with Gasteiger partial charge in [0.15, 0.2) is 0 Å². The smallest absolute Gasteiger partial charge is 0.0314 e. The molecule has 2 heteroatoms. The predicted molar refractivity (Wildman–Crippen MR) is 44.7 cm³/mol. The number of hydrogen-bond donors (Lipinski definition) is 1. The molecule has 0 aromatic heterocycles. The summed E-state index contributed by atoms with van der Waals surface area (Å²) >= 11 is 0. The second-order valence-electron chi connectivity index (χ2n) is 1.87. The summed E-state index contributed by atoms with van der Waals surface area (Å²) in [5.41, 5.74) is 6.33. The molecule has 0 bridgehead atoms. The predicted octanol–water partition coefficient (Wildman–Crippen LogP) is 1.20. The van der Waals surface area contributed by atoms with Gasteiger partial charge in [0, 0.05) is 5.69 Å². The monoisotopic (exact) mass is 139 g/mol. The van der Waals surface area contributed by atoms with Crippen LogP contribution in [0.2, 0.25) is 0 Å². The SMILES string of the molecule is CPc1ccc(N)cc1. The molecular weight excluding hydrogens is 129 g/mol. The molecule has 1 aromatic carbocycles. The summed E-state index contributed by atoms with van der Waals surface area (Å²) in [5.74, 6) is 0. The second-order valence-corrected chi connectivity index (χ2v) is 2.95. The molecule has 0 aliphatic rings. The van der Waals surface area contributed by atoms with Crippen LogP contribution in [0.25, 0.3) is 0 Å². The Morgan fingerprint density at radius 3 is 2.22 bits per heavy atom. The van der Waals surface area contributed by atoms with Crippen LogP contribution in [-0.4, -0.2) is 6.66 Å². The molecule has 1 rings (SSSR count). The fraction of sp³-hybridized carbons (Fsp3) is 0.143. The van der Waals surface area contributed by atoms with E-state index in [1.165, 1.54) is 5.30 Å². The first-order valence-corrected chi connectivity index (χ1v) is 4.36. The highest BCUT2D eigenvalue weighted by atomic mass is 31.1. The maximum absolute atomic E-state index is 5.48. The molecule has 0 saturated carbocycles. The van der Waals surface area contributed by atoms with Crippen LogP contribution in [0, 0.1) is 0 Å². The van der Waals surface area contributed by atoms with Gasteiger partial charge in [0.05, 0.1) is 0 Å². The fourth-order valence-electron chi connectivity index (χ4n) is 0.650. The lowest BCUT2D eigenvalue weighted by atomic mass is 10.3. The molecule has 48 valence electrons. The van der Waals surface area contributed by atoms with Crippen LogP contribution < -0.4 is 11.0 Å². The van der Waals surface area contributed by atoms with Gasteiger partial charge in [0.25, 0.3) is 0 Å². The van der Waals surface area contributed by atoms with E-state index in [0.29, 0.717) is 0 Å². The van der Waals surface area contributed by atoms with E-state index in [-0.39, 0.29) is 0 Å². The van der Waals surface area contributed by atoms with Crippen LogP contribution >= 0.6 is 8.58 Å². The number of anilines is 1. The maximum Gasteiger partial charge on any atom is 0.0314 e. The molecule has 1 aromatic rings. The van der Waals surface area contributed by atoms with Gasteiger partial charge in [-0.2, -0.15) is 0 Å². The van der Waals surface area contributed by atoms with Crippen molar-refractivity contribution in [1.29, 1.82) is 0 Å². The second kappa shape index (κ2) is 2.84. The molecule has 0 fully saturated rings. The van der Waals surface area contributed by atoms with E-state index in [1.54, 1.807) is 0 Å². The average molecular weight is 139 g/mol. The van der Waals surface area contributed by atoms with Crippen LogP contribution in [0.4, 0.5) is 5.69 Å². The topological polar surface area (TPSA) is 26.0 Å². The van der Waals surface area contributed by atoms with Gasteiger partial charge >= 0.3 is 0 Å². The minimum absolute atomic E-state index is 0.844. The van der Waals surface area contributed by atoms with Crippen molar-refractivity contribution in [2.24, 2.45) is 0 Å². The van der Waals surface area contributed by atoms with Crippen molar-refractivity contribution in [3.8, 4) is 0 Å². The van der Waals surface area contributed by atoms with Gasteiger partial charge in [0.2, 0.25) is 0 Å². The molecule has 2 N–H and O–H groups in total. The molecule has 1 atom stereocenters. The van der Waals surface area contributed by atoms with Crippen molar-refractivity contribution in [2.45, 2.75) is 0 Å². The van der Waals surface area contributed by atoms with Gasteiger partial charge in [-0.3, -0.25) is 0 Å². The van der Waals surface area contributed by atoms with Crippen LogP contribution in [0.1, 0.15) is 0 Å². The number of benzene rings is 1. The van der Waals surface area contributed by atoms with Crippen molar-refractivity contribution in [2.75, 3.05) is 12.4 Å². The van der Waals surface area contributed by atoms with Gasteiger partial charge in [-0.15, -0.1) is 0 Å². The first-order valence-electron chi connectivity index (χ1n) is 2.86. The Labute approximate surface area is 57.1 Å². The van der Waals surface area contributed by atoms with Gasteiger partial charge < -0.3 is 5.73 Å². The third kappa shape index (κ3) is 1.69. The summed E-state index contributed by atoms with van der Waals surface area (Å²) in [6.07, 6.45) is 0. The quantitative estimate of drug-likeness (QED) is 0.459. The van der Waals surface area contributed by atoms with Gasteiger partial charge in [-0.1, -0.05) is 20.7 Å². The van der Waals surface area contributed by atoms with Crippen LogP contribution in [0.15, 0.2) is 24.3 Å². The largest absolute Gasteiger partial charge is 0.399 e. The van der Waals surface area contributed by atoms with Crippen LogP contribution in [-0.2, 0) is 0 Å². The summed E-state index contributed by atoms with van der Waals surface area (Å²) in [6, 6.07) is 8.00. The Bertz CT molecular complexity index is 181. The molecule has 0 saturated heterocycles. The minimum Gasteiger partial charge on any atom is -0.399 e. The van der Waals surface area contributed by atoms with E-state index in [0.717, 1.165) is 14.3 Å². The Hall–Kier alpha value is -0.550. The van der Waals surface area contributed by atoms with Crippen LogP contribution in [0.3, 0.4) is 0 Å². The standard InChI is InChI=1S/C7H10NP/c1-9-7-4-2-6(8)3-5-7/h2-5,9H,8H2,1H3. The molecule has 0 heterocycles. The Kier molecular flexibility index (Phi) is 2.07. The molecular formula is C7H10NP. The maximum atomic E-state index is 5.48. The summed E-state index contributed by atoms with van der Waals surface area (Å²) in [6.45, 7) is 2.16. The number of rotatable bonds is 1. The van der Waals surface area contributed by atoms with E-state index in [9.17, 15) is 0 Å². The molecule has 0 amide bonds. The van der Waals surface area contributed by atoms with Crippen LogP contribution in [0.5, 0.6) is 0 Å². The highest BCUT2D eigenvalue weighted by molar-refractivity contribution is 7.46. The van der Waals surface area contributed by atoms with Crippen molar-refractivity contribution in [1.82, 2.24) is 0 Å². The summed E-state index contributed by atoms with van der Waals surface area (Å²) in [4.78, 5) is 0. The van der Waals surface area contributed by atoms with Gasteiger partial charge in [0.1, 0.15) is 0 Å². The summed E-state index contributed by atoms with van der Waals surface area (Å²) < 4.78 is 0. The van der Waals surface area contributed by atoms with E-state index in [1.807, 2.05) is 12.1 Å². The van der Waals surface area contributed by atoms with E-state index < -0.39 is 0 Å². The van der Waals surface area contributed by atoms with Gasteiger partial charge in [-0.05, 0) is 24.1 Å². The third-order valence-electron chi connectivity index (χ3n) is 1.20. The summed E-state index contributed by atoms with van der Waals surface area (Å²) in [5, 5.41) is 1.37. The molecule has 0 radical (unpaired) electrons. The lowest BCUT2D eigenvalue weighted by molar-refractivity contribution is 1.73. The zero-order valence-electron chi connectivity index (χ0n) is 5.39. The number of nitrogen functional groups attached to an aromatic ring is 1. The Morgan fingerprint density at radius 1 is 1.22 bits per heavy atom. The molecule has 0 aliphatic heterocycles. The zero-order valence-corrected chi connectivity index (χ0v) is 6.39. The first kappa shape index (κ1) is 6.57. The first-order chi connectivity index (χ1) is 4.33. The molecule has 1 unspecified atom stereocenters. The lowest BCUT2D eigenvalue weighted by Gasteiger charge is -1.94. The molecule has 0 spiro atoms. The van der Waals surface area contributed by atoms with E-state index in [4.69, 9.17) is 5.73 Å². The molecule has 0 aliphatic carbocycles. The lowest BCUT2D eigenvalue weighted by Crippen LogP contribution is -1.92. The fourth-order valence-corrected chi connectivity index (χ4v) is 1.15. The van der Waals surface area contributed by atoms with E-state index in [2.05, 4.69) is 18.8 Å². The van der Waals surface area contributed by atoms with E-state index >= 15 is 0 Å². The Balaban J connectivity index is 2.88. The highest BCUT2D eigenvalue weighted by Crippen LogP contribution is 2.05. The number of nitrogens with two attached hydrogens (primary N) is 1. The normalized spacial score (nSPS) is 10.8. The third-order valence-corrected chi connectivity index (χ3v) is 2.11. The summed E-state index contributed by atoms with van der Waals surface area (Å²) in [7, 11) is 0.871. The van der Waals surface area contributed by atoms with Crippen molar-refractivity contribution < 1.29 is 0 Å². The average Bonchev–Trinajstić information content (AvgIpc) is 1.90. The highest BCUT2D eigenvalue weighted by Gasteiger charge is 1.85. The minimum atomic E-state index is 0.844.